The van der Waals surface area contributed by atoms with Gasteiger partial charge >= 0.3 is 5.97 Å². The standard InChI is InChI=1S/C15H19ClN2O3/c1-10(2)7-15(6-5-14(20)21-15)12(19)9-18-13-4-3-11(16)8-17-13/h3-4,8,10H,5-7,9H2,1-2H3,(H,17,18). The minimum Gasteiger partial charge on any atom is -0.451 e. The minimum atomic E-state index is -0.981. The average Bonchev–Trinajstić information content (AvgIpc) is 2.79. The Balaban J connectivity index is 2.02. The van der Waals surface area contributed by atoms with Crippen LogP contribution in [0.25, 0.3) is 0 Å². The predicted molar refractivity (Wildman–Crippen MR) is 80.3 cm³/mol. The predicted octanol–water partition coefficient (Wildman–Crippen LogP) is 2.84. The first-order valence-corrected chi connectivity index (χ1v) is 7.40. The Bertz CT molecular complexity index is 530. The molecule has 2 rings (SSSR count). The zero-order chi connectivity index (χ0) is 15.5. The van der Waals surface area contributed by atoms with E-state index in [1.807, 2.05) is 13.8 Å². The number of ketones is 1. The van der Waals surface area contributed by atoms with E-state index in [1.165, 1.54) is 6.20 Å². The highest BCUT2D eigenvalue weighted by Crippen LogP contribution is 2.34. The van der Waals surface area contributed by atoms with Crippen molar-refractivity contribution in [1.29, 1.82) is 0 Å². The number of halogens is 1. The molecule has 0 radical (unpaired) electrons. The zero-order valence-electron chi connectivity index (χ0n) is 12.2. The second-order valence-electron chi connectivity index (χ2n) is 5.70. The molecule has 1 aromatic heterocycles. The van der Waals surface area contributed by atoms with E-state index in [0.717, 1.165) is 0 Å². The quantitative estimate of drug-likeness (QED) is 0.818. The van der Waals surface area contributed by atoms with Crippen molar-refractivity contribution in [3.05, 3.63) is 23.4 Å². The second kappa shape index (κ2) is 6.43. The first kappa shape index (κ1) is 15.8. The van der Waals surface area contributed by atoms with Crippen molar-refractivity contribution in [2.45, 2.75) is 38.7 Å². The Morgan fingerprint density at radius 1 is 1.52 bits per heavy atom. The lowest BCUT2D eigenvalue weighted by atomic mass is 9.86. The van der Waals surface area contributed by atoms with Gasteiger partial charge in [-0.3, -0.25) is 9.59 Å². The van der Waals surface area contributed by atoms with Crippen molar-refractivity contribution in [3.8, 4) is 0 Å². The number of carbonyl (C=O) groups is 2. The fraction of sp³-hybridized carbons (Fsp3) is 0.533. The summed E-state index contributed by atoms with van der Waals surface area (Å²) in [7, 11) is 0. The maximum atomic E-state index is 12.5. The number of hydrogen-bond acceptors (Lipinski definition) is 5. The van der Waals surface area contributed by atoms with Crippen molar-refractivity contribution >= 4 is 29.2 Å². The molecule has 6 heteroatoms. The number of hydrogen-bond donors (Lipinski definition) is 1. The highest BCUT2D eigenvalue weighted by molar-refractivity contribution is 6.30. The molecule has 5 nitrogen and oxygen atoms in total. The van der Waals surface area contributed by atoms with Crippen LogP contribution in [0.2, 0.25) is 5.02 Å². The van der Waals surface area contributed by atoms with Crippen molar-refractivity contribution in [2.75, 3.05) is 11.9 Å². The molecule has 1 saturated heterocycles. The van der Waals surface area contributed by atoms with Crippen LogP contribution in [0.1, 0.15) is 33.1 Å². The van der Waals surface area contributed by atoms with E-state index in [4.69, 9.17) is 16.3 Å². The molecule has 1 N–H and O–H groups in total. The van der Waals surface area contributed by atoms with Gasteiger partial charge in [0.15, 0.2) is 11.4 Å². The highest BCUT2D eigenvalue weighted by atomic mass is 35.5. The van der Waals surface area contributed by atoms with Gasteiger partial charge in [-0.1, -0.05) is 25.4 Å². The molecule has 0 bridgehead atoms. The van der Waals surface area contributed by atoms with E-state index in [0.29, 0.717) is 30.1 Å². The summed E-state index contributed by atoms with van der Waals surface area (Å²) >= 11 is 5.76. The third-order valence-electron chi connectivity index (χ3n) is 3.45. The van der Waals surface area contributed by atoms with E-state index >= 15 is 0 Å². The zero-order valence-corrected chi connectivity index (χ0v) is 12.9. The van der Waals surface area contributed by atoms with E-state index in [9.17, 15) is 9.59 Å². The van der Waals surface area contributed by atoms with Gasteiger partial charge in [0.1, 0.15) is 5.82 Å². The topological polar surface area (TPSA) is 68.3 Å². The normalized spacial score (nSPS) is 21.4. The summed E-state index contributed by atoms with van der Waals surface area (Å²) < 4.78 is 5.36. The molecule has 0 spiro atoms. The van der Waals surface area contributed by atoms with Gasteiger partial charge in [0.05, 0.1) is 11.6 Å². The summed E-state index contributed by atoms with van der Waals surface area (Å²) in [6.07, 6.45) is 2.82. The Morgan fingerprint density at radius 2 is 2.29 bits per heavy atom. The van der Waals surface area contributed by atoms with E-state index in [2.05, 4.69) is 10.3 Å². The summed E-state index contributed by atoms with van der Waals surface area (Å²) in [6, 6.07) is 3.40. The van der Waals surface area contributed by atoms with Crippen molar-refractivity contribution in [1.82, 2.24) is 4.98 Å². The van der Waals surface area contributed by atoms with Crippen LogP contribution in [0.15, 0.2) is 18.3 Å². The second-order valence-corrected chi connectivity index (χ2v) is 6.14. The highest BCUT2D eigenvalue weighted by Gasteiger charge is 2.46. The molecular weight excluding hydrogens is 292 g/mol. The number of rotatable bonds is 6. The molecule has 1 aromatic rings. The van der Waals surface area contributed by atoms with E-state index in [-0.39, 0.29) is 24.2 Å². The molecular formula is C15H19ClN2O3. The Kier molecular flexibility index (Phi) is 4.83. The first-order valence-electron chi connectivity index (χ1n) is 7.02. The van der Waals surface area contributed by atoms with Crippen LogP contribution < -0.4 is 5.32 Å². The van der Waals surface area contributed by atoms with Gasteiger partial charge in [-0.25, -0.2) is 4.98 Å². The molecule has 0 amide bonds. The minimum absolute atomic E-state index is 0.0780. The summed E-state index contributed by atoms with van der Waals surface area (Å²) in [5, 5.41) is 3.49. The van der Waals surface area contributed by atoms with Crippen LogP contribution in [0.3, 0.4) is 0 Å². The van der Waals surface area contributed by atoms with E-state index in [1.54, 1.807) is 12.1 Å². The molecule has 114 valence electrons. The monoisotopic (exact) mass is 310 g/mol. The SMILES string of the molecule is CC(C)CC1(C(=O)CNc2ccc(Cl)cn2)CCC(=O)O1. The van der Waals surface area contributed by atoms with E-state index < -0.39 is 5.60 Å². The lowest BCUT2D eigenvalue weighted by Crippen LogP contribution is -2.43. The van der Waals surface area contributed by atoms with Gasteiger partial charge in [-0.05, 0) is 24.5 Å². The smallest absolute Gasteiger partial charge is 0.306 e. The summed E-state index contributed by atoms with van der Waals surface area (Å²) in [4.78, 5) is 28.0. The van der Waals surface area contributed by atoms with Gasteiger partial charge in [0.2, 0.25) is 0 Å². The lowest BCUT2D eigenvalue weighted by molar-refractivity contribution is -0.158. The molecule has 1 aliphatic rings. The number of anilines is 1. The Hall–Kier alpha value is -1.62. The molecule has 1 fully saturated rings. The number of cyclic esters (lactones) is 1. The molecule has 1 unspecified atom stereocenters. The Morgan fingerprint density at radius 3 is 2.81 bits per heavy atom. The number of nitrogens with one attached hydrogen (secondary N) is 1. The van der Waals surface area contributed by atoms with Crippen LogP contribution >= 0.6 is 11.6 Å². The van der Waals surface area contributed by atoms with Crippen LogP contribution in [0.4, 0.5) is 5.82 Å². The fourth-order valence-corrected chi connectivity index (χ4v) is 2.66. The number of pyridine rings is 1. The molecule has 21 heavy (non-hydrogen) atoms. The van der Waals surface area contributed by atoms with Gasteiger partial charge < -0.3 is 10.1 Å². The molecule has 0 saturated carbocycles. The number of ether oxygens (including phenoxy) is 1. The molecule has 0 aliphatic carbocycles. The van der Waals surface area contributed by atoms with Crippen molar-refractivity contribution < 1.29 is 14.3 Å². The number of esters is 1. The van der Waals surface area contributed by atoms with Crippen LogP contribution in [-0.2, 0) is 14.3 Å². The van der Waals surface area contributed by atoms with Crippen LogP contribution in [0, 0.1) is 5.92 Å². The molecule has 1 atom stereocenters. The summed E-state index contributed by atoms with van der Waals surface area (Å²) in [5.74, 6) is 0.428. The maximum absolute atomic E-state index is 12.5. The summed E-state index contributed by atoms with van der Waals surface area (Å²) in [5.41, 5.74) is -0.981. The van der Waals surface area contributed by atoms with Gasteiger partial charge in [-0.2, -0.15) is 0 Å². The summed E-state index contributed by atoms with van der Waals surface area (Å²) in [6.45, 7) is 4.10. The van der Waals surface area contributed by atoms with Gasteiger partial charge in [0, 0.05) is 19.0 Å². The number of aromatic nitrogens is 1. The van der Waals surface area contributed by atoms with Crippen LogP contribution in [-0.4, -0.2) is 28.9 Å². The third kappa shape index (κ3) is 3.94. The Labute approximate surface area is 129 Å². The molecule has 2 heterocycles. The first-order chi connectivity index (χ1) is 9.91. The van der Waals surface area contributed by atoms with Crippen LogP contribution in [0.5, 0.6) is 0 Å². The number of Topliss-reactive ketones (excluding diaryl/α,β-unsaturated/α-hetero) is 1. The van der Waals surface area contributed by atoms with Gasteiger partial charge in [-0.15, -0.1) is 0 Å². The molecule has 0 aromatic carbocycles. The largest absolute Gasteiger partial charge is 0.451 e. The lowest BCUT2D eigenvalue weighted by Gasteiger charge is -2.28. The molecule has 1 aliphatic heterocycles. The average molecular weight is 311 g/mol. The number of carbonyl (C=O) groups excluding carboxylic acids is 2. The maximum Gasteiger partial charge on any atom is 0.306 e. The fourth-order valence-electron chi connectivity index (χ4n) is 2.55. The van der Waals surface area contributed by atoms with Crippen molar-refractivity contribution in [3.63, 3.8) is 0 Å². The van der Waals surface area contributed by atoms with Crippen molar-refractivity contribution in [2.24, 2.45) is 5.92 Å². The van der Waals surface area contributed by atoms with Gasteiger partial charge in [0.25, 0.3) is 0 Å². The third-order valence-corrected chi connectivity index (χ3v) is 3.67. The number of nitrogens with zero attached hydrogens (tertiary/aromatic N) is 1.